The number of benzene rings is 1. The number of hydrogen-bond acceptors (Lipinski definition) is 4. The third-order valence-electron chi connectivity index (χ3n) is 3.40. The number of sulfonamides is 1. The number of anilines is 1. The zero-order valence-electron chi connectivity index (χ0n) is 12.9. The smallest absolute Gasteiger partial charge is 0.271 e. The van der Waals surface area contributed by atoms with Crippen LogP contribution in [0.15, 0.2) is 52.1 Å². The fourth-order valence-corrected chi connectivity index (χ4v) is 4.36. The lowest BCUT2D eigenvalue weighted by Crippen LogP contribution is -2.11. The van der Waals surface area contributed by atoms with Crippen molar-refractivity contribution >= 4 is 27.0 Å². The molecular weight excluding hydrogens is 330 g/mol. The number of nitrogens with zero attached hydrogens (tertiary/aromatic N) is 2. The van der Waals surface area contributed by atoms with Gasteiger partial charge in [-0.1, -0.05) is 18.2 Å². The fourth-order valence-electron chi connectivity index (χ4n) is 2.31. The van der Waals surface area contributed by atoms with Gasteiger partial charge in [0.05, 0.1) is 12.2 Å². The molecule has 0 aliphatic heterocycles. The predicted molar refractivity (Wildman–Crippen MR) is 92.4 cm³/mol. The summed E-state index contributed by atoms with van der Waals surface area (Å²) in [5.41, 5.74) is 3.71. The van der Waals surface area contributed by atoms with Gasteiger partial charge < -0.3 is 0 Å². The molecular formula is C16H17N3O2S2. The average Bonchev–Trinajstić information content (AvgIpc) is 3.12. The summed E-state index contributed by atoms with van der Waals surface area (Å²) in [6.45, 7) is 4.65. The predicted octanol–water partition coefficient (Wildman–Crippen LogP) is 3.41. The van der Waals surface area contributed by atoms with E-state index in [1.54, 1.807) is 29.6 Å². The molecule has 0 saturated heterocycles. The van der Waals surface area contributed by atoms with Gasteiger partial charge in [0.1, 0.15) is 4.21 Å². The van der Waals surface area contributed by atoms with Crippen LogP contribution in [-0.4, -0.2) is 18.2 Å². The van der Waals surface area contributed by atoms with Crippen LogP contribution in [-0.2, 0) is 16.6 Å². The molecule has 0 fully saturated rings. The van der Waals surface area contributed by atoms with Crippen LogP contribution in [0.4, 0.5) is 5.69 Å². The van der Waals surface area contributed by atoms with E-state index in [0.29, 0.717) is 16.4 Å². The molecule has 0 aliphatic rings. The molecule has 3 rings (SSSR count). The van der Waals surface area contributed by atoms with Crippen LogP contribution in [0.5, 0.6) is 0 Å². The first kappa shape index (κ1) is 15.8. The van der Waals surface area contributed by atoms with E-state index < -0.39 is 10.0 Å². The maximum absolute atomic E-state index is 12.2. The molecule has 3 aromatic rings. The van der Waals surface area contributed by atoms with Crippen molar-refractivity contribution in [1.29, 1.82) is 0 Å². The number of rotatable bonds is 5. The highest BCUT2D eigenvalue weighted by molar-refractivity contribution is 7.94. The quantitative estimate of drug-likeness (QED) is 0.769. The van der Waals surface area contributed by atoms with Crippen molar-refractivity contribution < 1.29 is 8.42 Å². The topological polar surface area (TPSA) is 64.0 Å². The third-order valence-corrected chi connectivity index (χ3v) is 6.18. The molecule has 0 spiro atoms. The van der Waals surface area contributed by atoms with Crippen molar-refractivity contribution in [3.05, 3.63) is 64.8 Å². The Bertz CT molecular complexity index is 895. The Balaban J connectivity index is 1.74. The van der Waals surface area contributed by atoms with Crippen LogP contribution in [0.3, 0.4) is 0 Å². The SMILES string of the molecule is Cc1cc(C)n(Cc2ccc(NS(=O)(=O)c3cccs3)cc2)n1. The molecule has 7 heteroatoms. The van der Waals surface area contributed by atoms with Crippen molar-refractivity contribution in [3.8, 4) is 0 Å². The molecule has 0 bridgehead atoms. The second-order valence-corrected chi connectivity index (χ2v) is 8.18. The highest BCUT2D eigenvalue weighted by Gasteiger charge is 2.14. The van der Waals surface area contributed by atoms with E-state index in [-0.39, 0.29) is 0 Å². The average molecular weight is 347 g/mol. The van der Waals surface area contributed by atoms with Gasteiger partial charge in [-0.3, -0.25) is 9.40 Å². The molecule has 2 aromatic heterocycles. The maximum Gasteiger partial charge on any atom is 0.271 e. The van der Waals surface area contributed by atoms with E-state index in [4.69, 9.17) is 0 Å². The normalized spacial score (nSPS) is 11.6. The van der Waals surface area contributed by atoms with Gasteiger partial charge in [0.25, 0.3) is 10.0 Å². The molecule has 120 valence electrons. The summed E-state index contributed by atoms with van der Waals surface area (Å²) in [6.07, 6.45) is 0. The molecule has 0 radical (unpaired) electrons. The fraction of sp³-hybridized carbons (Fsp3) is 0.188. The van der Waals surface area contributed by atoms with Gasteiger partial charge in [0.15, 0.2) is 0 Å². The van der Waals surface area contributed by atoms with E-state index >= 15 is 0 Å². The summed E-state index contributed by atoms with van der Waals surface area (Å²) in [5, 5.41) is 6.17. The minimum atomic E-state index is -3.49. The summed E-state index contributed by atoms with van der Waals surface area (Å²) >= 11 is 1.20. The van der Waals surface area contributed by atoms with Crippen molar-refractivity contribution in [1.82, 2.24) is 9.78 Å². The van der Waals surface area contributed by atoms with E-state index in [1.807, 2.05) is 36.7 Å². The third kappa shape index (κ3) is 3.62. The molecule has 0 aliphatic carbocycles. The van der Waals surface area contributed by atoms with Crippen molar-refractivity contribution in [2.75, 3.05) is 4.72 Å². The van der Waals surface area contributed by atoms with Crippen molar-refractivity contribution in [3.63, 3.8) is 0 Å². The lowest BCUT2D eigenvalue weighted by Gasteiger charge is -2.08. The van der Waals surface area contributed by atoms with Gasteiger partial charge in [-0.05, 0) is 49.1 Å². The Hall–Kier alpha value is -2.12. The summed E-state index contributed by atoms with van der Waals surface area (Å²) in [4.78, 5) is 0. The monoisotopic (exact) mass is 347 g/mol. The number of nitrogens with one attached hydrogen (secondary N) is 1. The van der Waals surface area contributed by atoms with Gasteiger partial charge >= 0.3 is 0 Å². The van der Waals surface area contributed by atoms with Crippen LogP contribution in [0.25, 0.3) is 0 Å². The Morgan fingerprint density at radius 2 is 1.91 bits per heavy atom. The first-order valence-corrected chi connectivity index (χ1v) is 9.47. The standard InChI is InChI=1S/C16H17N3O2S2/c1-12-10-13(2)19(17-12)11-14-5-7-15(8-6-14)18-23(20,21)16-4-3-9-22-16/h3-10,18H,11H2,1-2H3. The van der Waals surface area contributed by atoms with E-state index in [9.17, 15) is 8.42 Å². The van der Waals surface area contributed by atoms with E-state index in [1.165, 1.54) is 11.3 Å². The van der Waals surface area contributed by atoms with Gasteiger partial charge in [0, 0.05) is 11.4 Å². The number of thiophene rings is 1. The lowest BCUT2D eigenvalue weighted by atomic mass is 10.2. The molecule has 0 saturated carbocycles. The molecule has 0 unspecified atom stereocenters. The molecule has 5 nitrogen and oxygen atoms in total. The number of aryl methyl sites for hydroxylation is 2. The number of hydrogen-bond donors (Lipinski definition) is 1. The molecule has 0 amide bonds. The second kappa shape index (κ2) is 6.17. The van der Waals surface area contributed by atoms with Crippen LogP contribution < -0.4 is 4.72 Å². The van der Waals surface area contributed by atoms with Gasteiger partial charge in [-0.25, -0.2) is 8.42 Å². The van der Waals surface area contributed by atoms with Crippen LogP contribution >= 0.6 is 11.3 Å². The summed E-state index contributed by atoms with van der Waals surface area (Å²) < 4.78 is 29.2. The second-order valence-electron chi connectivity index (χ2n) is 5.32. The lowest BCUT2D eigenvalue weighted by molar-refractivity contribution is 0.603. The Morgan fingerprint density at radius 3 is 2.48 bits per heavy atom. The number of aromatic nitrogens is 2. The minimum absolute atomic E-state index is 0.309. The summed E-state index contributed by atoms with van der Waals surface area (Å²) in [7, 11) is -3.49. The first-order chi connectivity index (χ1) is 10.9. The van der Waals surface area contributed by atoms with Gasteiger partial charge in [-0.15, -0.1) is 11.3 Å². The van der Waals surface area contributed by atoms with E-state index in [0.717, 1.165) is 17.0 Å². The van der Waals surface area contributed by atoms with Crippen LogP contribution in [0, 0.1) is 13.8 Å². The van der Waals surface area contributed by atoms with Gasteiger partial charge in [-0.2, -0.15) is 5.10 Å². The van der Waals surface area contributed by atoms with Crippen molar-refractivity contribution in [2.45, 2.75) is 24.6 Å². The zero-order valence-corrected chi connectivity index (χ0v) is 14.5. The minimum Gasteiger partial charge on any atom is -0.279 e. The molecule has 1 N–H and O–H groups in total. The summed E-state index contributed by atoms with van der Waals surface area (Å²) in [6, 6.07) is 12.7. The Morgan fingerprint density at radius 1 is 1.17 bits per heavy atom. The zero-order chi connectivity index (χ0) is 16.4. The molecule has 1 aromatic carbocycles. The summed E-state index contributed by atoms with van der Waals surface area (Å²) in [5.74, 6) is 0. The van der Waals surface area contributed by atoms with Crippen LogP contribution in [0.2, 0.25) is 0 Å². The maximum atomic E-state index is 12.2. The first-order valence-electron chi connectivity index (χ1n) is 7.10. The molecule has 23 heavy (non-hydrogen) atoms. The van der Waals surface area contributed by atoms with Crippen LogP contribution in [0.1, 0.15) is 17.0 Å². The Kier molecular flexibility index (Phi) is 4.23. The van der Waals surface area contributed by atoms with E-state index in [2.05, 4.69) is 9.82 Å². The largest absolute Gasteiger partial charge is 0.279 e. The molecule has 2 heterocycles. The van der Waals surface area contributed by atoms with Gasteiger partial charge in [0.2, 0.25) is 0 Å². The van der Waals surface area contributed by atoms with Crippen molar-refractivity contribution in [2.24, 2.45) is 0 Å². The Labute approximate surface area is 139 Å². The molecule has 0 atom stereocenters. The highest BCUT2D eigenvalue weighted by Crippen LogP contribution is 2.20. The highest BCUT2D eigenvalue weighted by atomic mass is 32.2.